The van der Waals surface area contributed by atoms with Crippen LogP contribution in [0.3, 0.4) is 0 Å². The Bertz CT molecular complexity index is 875. The van der Waals surface area contributed by atoms with Crippen LogP contribution in [-0.2, 0) is 24.9 Å². The van der Waals surface area contributed by atoms with Crippen molar-refractivity contribution in [1.29, 1.82) is 0 Å². The number of halogens is 1. The molecule has 0 fully saturated rings. The highest BCUT2D eigenvalue weighted by Gasteiger charge is 2.05. The van der Waals surface area contributed by atoms with Crippen molar-refractivity contribution in [3.8, 4) is 5.75 Å². The highest BCUT2D eigenvalue weighted by molar-refractivity contribution is 6.30. The van der Waals surface area contributed by atoms with Crippen LogP contribution in [0.25, 0.3) is 0 Å². The highest BCUT2D eigenvalue weighted by atomic mass is 35.5. The lowest BCUT2D eigenvalue weighted by Crippen LogP contribution is -2.12. The van der Waals surface area contributed by atoms with Crippen LogP contribution >= 0.6 is 11.6 Å². The number of benzene rings is 2. The van der Waals surface area contributed by atoms with Crippen molar-refractivity contribution in [2.45, 2.75) is 19.4 Å². The van der Waals surface area contributed by atoms with Crippen molar-refractivity contribution in [2.75, 3.05) is 5.32 Å². The number of carbonyl (C=O) groups excluding carboxylic acids is 1. The van der Waals surface area contributed by atoms with Crippen LogP contribution in [0.1, 0.15) is 17.8 Å². The second-order valence-corrected chi connectivity index (χ2v) is 6.38. The summed E-state index contributed by atoms with van der Waals surface area (Å²) < 4.78 is 7.61. The summed E-state index contributed by atoms with van der Waals surface area (Å²) in [6.07, 6.45) is 4.66. The first-order chi connectivity index (χ1) is 12.6. The molecule has 0 spiro atoms. The minimum atomic E-state index is -0.0355. The molecule has 26 heavy (non-hydrogen) atoms. The monoisotopic (exact) mass is 369 g/mol. The Balaban J connectivity index is 1.47. The number of aryl methyl sites for hydroxylation is 2. The molecule has 1 aromatic heterocycles. The van der Waals surface area contributed by atoms with Crippen LogP contribution in [0.4, 0.5) is 5.69 Å². The Labute approximate surface area is 157 Å². The van der Waals surface area contributed by atoms with E-state index < -0.39 is 0 Å². The number of hydrogen-bond acceptors (Lipinski definition) is 3. The van der Waals surface area contributed by atoms with Gasteiger partial charge in [-0.3, -0.25) is 4.79 Å². The van der Waals surface area contributed by atoms with Gasteiger partial charge in [0.1, 0.15) is 18.2 Å². The zero-order valence-corrected chi connectivity index (χ0v) is 15.2. The van der Waals surface area contributed by atoms with E-state index in [9.17, 15) is 4.79 Å². The molecule has 0 atom stereocenters. The smallest absolute Gasteiger partial charge is 0.224 e. The molecule has 0 bridgehead atoms. The normalized spacial score (nSPS) is 10.5. The molecule has 3 aromatic rings. The minimum absolute atomic E-state index is 0.0355. The number of rotatable bonds is 7. The van der Waals surface area contributed by atoms with E-state index in [1.165, 1.54) is 0 Å². The van der Waals surface area contributed by atoms with E-state index in [4.69, 9.17) is 16.3 Å². The molecule has 5 nitrogen and oxygen atoms in total. The van der Waals surface area contributed by atoms with E-state index in [1.807, 2.05) is 66.3 Å². The molecule has 2 aromatic carbocycles. The predicted molar refractivity (Wildman–Crippen MR) is 102 cm³/mol. The molecule has 1 heterocycles. The van der Waals surface area contributed by atoms with Gasteiger partial charge in [-0.15, -0.1) is 0 Å². The molecule has 0 saturated heterocycles. The number of anilines is 1. The fourth-order valence-electron chi connectivity index (χ4n) is 2.49. The lowest BCUT2D eigenvalue weighted by Gasteiger charge is -2.09. The van der Waals surface area contributed by atoms with Crippen molar-refractivity contribution >= 4 is 23.2 Å². The van der Waals surface area contributed by atoms with Gasteiger partial charge in [0.2, 0.25) is 5.91 Å². The molecule has 1 N–H and O–H groups in total. The Kier molecular flexibility index (Phi) is 5.92. The lowest BCUT2D eigenvalue weighted by molar-refractivity contribution is -0.116. The van der Waals surface area contributed by atoms with E-state index in [0.29, 0.717) is 24.5 Å². The molecule has 134 valence electrons. The first kappa shape index (κ1) is 18.0. The third kappa shape index (κ3) is 5.10. The van der Waals surface area contributed by atoms with Gasteiger partial charge >= 0.3 is 0 Å². The molecule has 0 aliphatic heterocycles. The van der Waals surface area contributed by atoms with Gasteiger partial charge in [0.25, 0.3) is 0 Å². The van der Waals surface area contributed by atoms with Gasteiger partial charge < -0.3 is 14.6 Å². The number of nitrogens with one attached hydrogen (secondary N) is 1. The zero-order chi connectivity index (χ0) is 18.4. The maximum atomic E-state index is 12.1. The number of nitrogens with zero attached hydrogens (tertiary/aromatic N) is 2. The number of carbonyl (C=O) groups is 1. The minimum Gasteiger partial charge on any atom is -0.486 e. The molecule has 0 radical (unpaired) electrons. The van der Waals surface area contributed by atoms with Crippen LogP contribution in [0.2, 0.25) is 5.02 Å². The average molecular weight is 370 g/mol. The largest absolute Gasteiger partial charge is 0.486 e. The standard InChI is InChI=1S/C20H20ClN3O2/c1-24-12-11-22-19(24)14-26-18-8-6-17(7-9-18)23-20(25)10-5-15-3-2-4-16(21)13-15/h2-4,6-9,11-13H,5,10,14H2,1H3,(H,23,25). The number of ether oxygens (including phenoxy) is 1. The quantitative estimate of drug-likeness (QED) is 0.678. The maximum Gasteiger partial charge on any atom is 0.224 e. The number of amides is 1. The van der Waals surface area contributed by atoms with Gasteiger partial charge in [-0.1, -0.05) is 23.7 Å². The highest BCUT2D eigenvalue weighted by Crippen LogP contribution is 2.17. The summed E-state index contributed by atoms with van der Waals surface area (Å²) in [5, 5.41) is 3.57. The van der Waals surface area contributed by atoms with Crippen molar-refractivity contribution in [2.24, 2.45) is 7.05 Å². The van der Waals surface area contributed by atoms with Gasteiger partial charge in [-0.05, 0) is 48.4 Å². The van der Waals surface area contributed by atoms with E-state index in [1.54, 1.807) is 6.20 Å². The zero-order valence-electron chi connectivity index (χ0n) is 14.5. The van der Waals surface area contributed by atoms with Crippen LogP contribution in [-0.4, -0.2) is 15.5 Å². The number of imidazole rings is 1. The first-order valence-electron chi connectivity index (χ1n) is 8.33. The predicted octanol–water partition coefficient (Wildman–Crippen LogP) is 4.22. The third-order valence-electron chi connectivity index (χ3n) is 3.96. The van der Waals surface area contributed by atoms with Crippen molar-refractivity contribution in [1.82, 2.24) is 9.55 Å². The van der Waals surface area contributed by atoms with E-state index in [-0.39, 0.29) is 5.91 Å². The van der Waals surface area contributed by atoms with Crippen molar-refractivity contribution in [3.63, 3.8) is 0 Å². The van der Waals surface area contributed by atoms with Crippen LogP contribution in [0.5, 0.6) is 5.75 Å². The fraction of sp³-hybridized carbons (Fsp3) is 0.200. The van der Waals surface area contributed by atoms with Crippen molar-refractivity contribution in [3.05, 3.63) is 77.3 Å². The summed E-state index contributed by atoms with van der Waals surface area (Å²) in [6, 6.07) is 14.9. The topological polar surface area (TPSA) is 56.1 Å². The summed E-state index contributed by atoms with van der Waals surface area (Å²) in [7, 11) is 1.92. The molecular weight excluding hydrogens is 350 g/mol. The lowest BCUT2D eigenvalue weighted by atomic mass is 10.1. The van der Waals surface area contributed by atoms with Crippen LogP contribution in [0, 0.1) is 0 Å². The van der Waals surface area contributed by atoms with Gasteiger partial charge in [0.05, 0.1) is 0 Å². The summed E-state index contributed by atoms with van der Waals surface area (Å²) >= 11 is 5.95. The Morgan fingerprint density at radius 2 is 2.04 bits per heavy atom. The third-order valence-corrected chi connectivity index (χ3v) is 4.19. The molecular formula is C20H20ClN3O2. The number of aromatic nitrogens is 2. The van der Waals surface area contributed by atoms with E-state index >= 15 is 0 Å². The molecule has 3 rings (SSSR count). The molecule has 1 amide bonds. The average Bonchev–Trinajstić information content (AvgIpc) is 3.04. The van der Waals surface area contributed by atoms with Gasteiger partial charge in [0.15, 0.2) is 0 Å². The maximum absolute atomic E-state index is 12.1. The first-order valence-corrected chi connectivity index (χ1v) is 8.71. The molecule has 0 unspecified atom stereocenters. The fourth-order valence-corrected chi connectivity index (χ4v) is 2.70. The molecule has 6 heteroatoms. The SMILES string of the molecule is Cn1ccnc1COc1ccc(NC(=O)CCc2cccc(Cl)c2)cc1. The van der Waals surface area contributed by atoms with Gasteiger partial charge in [-0.2, -0.15) is 0 Å². The number of hydrogen-bond donors (Lipinski definition) is 1. The summed E-state index contributed by atoms with van der Waals surface area (Å²) in [5.41, 5.74) is 1.79. The van der Waals surface area contributed by atoms with Crippen LogP contribution < -0.4 is 10.1 Å². The van der Waals surface area contributed by atoms with E-state index in [2.05, 4.69) is 10.3 Å². The van der Waals surface area contributed by atoms with Crippen molar-refractivity contribution < 1.29 is 9.53 Å². The Hall–Kier alpha value is -2.79. The Morgan fingerprint density at radius 1 is 1.23 bits per heavy atom. The van der Waals surface area contributed by atoms with Gasteiger partial charge in [-0.25, -0.2) is 4.98 Å². The molecule has 0 aliphatic carbocycles. The van der Waals surface area contributed by atoms with E-state index in [0.717, 1.165) is 22.8 Å². The summed E-state index contributed by atoms with van der Waals surface area (Å²) in [4.78, 5) is 16.3. The van der Waals surface area contributed by atoms with Gasteiger partial charge in [0, 0.05) is 36.6 Å². The van der Waals surface area contributed by atoms with Crippen LogP contribution in [0.15, 0.2) is 60.9 Å². The summed E-state index contributed by atoms with van der Waals surface area (Å²) in [5.74, 6) is 1.54. The summed E-state index contributed by atoms with van der Waals surface area (Å²) in [6.45, 7) is 0.398. The molecule has 0 aliphatic rings. The second kappa shape index (κ2) is 8.54. The molecule has 0 saturated carbocycles. The second-order valence-electron chi connectivity index (χ2n) is 5.95. The Morgan fingerprint density at radius 3 is 2.73 bits per heavy atom.